The topological polar surface area (TPSA) is 67.4 Å². The summed E-state index contributed by atoms with van der Waals surface area (Å²) in [4.78, 5) is 8.31. The number of imidazole rings is 1. The summed E-state index contributed by atoms with van der Waals surface area (Å²) in [7, 11) is 3.25. The van der Waals surface area contributed by atoms with Crippen molar-refractivity contribution in [2.45, 2.75) is 0 Å². The molecule has 4 rings (SSSR count). The first-order chi connectivity index (χ1) is 13.7. The van der Waals surface area contributed by atoms with Gasteiger partial charge in [-0.15, -0.1) is 0 Å². The van der Waals surface area contributed by atoms with Crippen molar-refractivity contribution in [1.29, 1.82) is 0 Å². The van der Waals surface area contributed by atoms with E-state index in [1.807, 2.05) is 60.7 Å². The minimum Gasteiger partial charge on any atom is -0.508 e. The molecule has 0 radical (unpaired) electrons. The lowest BCUT2D eigenvalue weighted by atomic mass is 10.1. The maximum absolute atomic E-state index is 9.64. The maximum Gasteiger partial charge on any atom is 0.142 e. The van der Waals surface area contributed by atoms with Gasteiger partial charge < -0.3 is 19.6 Å². The first-order valence-corrected chi connectivity index (χ1v) is 8.87. The van der Waals surface area contributed by atoms with Gasteiger partial charge in [-0.05, 0) is 36.4 Å². The molecule has 0 spiro atoms. The third kappa shape index (κ3) is 3.30. The van der Waals surface area contributed by atoms with E-state index >= 15 is 0 Å². The van der Waals surface area contributed by atoms with E-state index in [1.165, 1.54) is 0 Å². The van der Waals surface area contributed by atoms with Crippen LogP contribution in [0.15, 0.2) is 72.8 Å². The van der Waals surface area contributed by atoms with Crippen molar-refractivity contribution in [1.82, 2.24) is 9.97 Å². The molecule has 140 valence electrons. The average Bonchev–Trinajstić information content (AvgIpc) is 3.19. The fourth-order valence-corrected chi connectivity index (χ4v) is 3.14. The molecule has 4 aromatic rings. The molecule has 0 aliphatic heterocycles. The van der Waals surface area contributed by atoms with Crippen molar-refractivity contribution >= 4 is 0 Å². The molecule has 0 saturated heterocycles. The van der Waals surface area contributed by atoms with Crippen LogP contribution in [0.3, 0.4) is 0 Å². The molecular formula is C23H20N2O3. The summed E-state index contributed by atoms with van der Waals surface area (Å²) in [6.45, 7) is 0. The molecule has 5 nitrogen and oxygen atoms in total. The number of H-pyrrole nitrogens is 1. The number of aromatic nitrogens is 2. The number of hydrogen-bond donors (Lipinski definition) is 2. The Balaban J connectivity index is 1.90. The fraction of sp³-hybridized carbons (Fsp3) is 0.0870. The second-order valence-electron chi connectivity index (χ2n) is 6.29. The number of phenolic OH excluding ortho intramolecular Hbond substituents is 1. The van der Waals surface area contributed by atoms with Crippen LogP contribution >= 0.6 is 0 Å². The van der Waals surface area contributed by atoms with Gasteiger partial charge in [-0.25, -0.2) is 4.98 Å². The van der Waals surface area contributed by atoms with Gasteiger partial charge in [-0.1, -0.05) is 30.3 Å². The predicted octanol–water partition coefficient (Wildman–Crippen LogP) is 5.13. The van der Waals surface area contributed by atoms with Gasteiger partial charge in [0.1, 0.15) is 23.1 Å². The van der Waals surface area contributed by atoms with Gasteiger partial charge in [-0.2, -0.15) is 0 Å². The van der Waals surface area contributed by atoms with Crippen molar-refractivity contribution in [2.24, 2.45) is 0 Å². The fourth-order valence-electron chi connectivity index (χ4n) is 3.14. The Morgan fingerprint density at radius 3 is 2.25 bits per heavy atom. The number of nitrogens with zero attached hydrogens (tertiary/aromatic N) is 1. The highest BCUT2D eigenvalue weighted by molar-refractivity contribution is 5.82. The highest BCUT2D eigenvalue weighted by Crippen LogP contribution is 2.37. The third-order valence-electron chi connectivity index (χ3n) is 4.57. The standard InChI is InChI=1S/C23H20N2O3/c1-27-18-12-13-19(20(14-18)28-2)23-24-21(15-6-4-3-5-7-15)22(25-23)16-8-10-17(26)11-9-16/h3-14,26H,1-2H3,(H,24,25). The zero-order valence-corrected chi connectivity index (χ0v) is 15.6. The summed E-state index contributed by atoms with van der Waals surface area (Å²) in [5, 5.41) is 9.64. The number of rotatable bonds is 5. The lowest BCUT2D eigenvalue weighted by Gasteiger charge is -2.08. The number of phenols is 1. The summed E-state index contributed by atoms with van der Waals surface area (Å²) < 4.78 is 10.8. The van der Waals surface area contributed by atoms with Crippen molar-refractivity contribution in [3.63, 3.8) is 0 Å². The van der Waals surface area contributed by atoms with Crippen molar-refractivity contribution in [3.05, 3.63) is 72.8 Å². The molecule has 0 aliphatic carbocycles. The third-order valence-corrected chi connectivity index (χ3v) is 4.57. The van der Waals surface area contributed by atoms with Crippen LogP contribution in [-0.2, 0) is 0 Å². The molecule has 0 saturated carbocycles. The van der Waals surface area contributed by atoms with E-state index in [0.29, 0.717) is 17.3 Å². The van der Waals surface area contributed by atoms with Crippen LogP contribution in [0.25, 0.3) is 33.9 Å². The quantitative estimate of drug-likeness (QED) is 0.509. The van der Waals surface area contributed by atoms with Gasteiger partial charge in [0.25, 0.3) is 0 Å². The van der Waals surface area contributed by atoms with Crippen molar-refractivity contribution < 1.29 is 14.6 Å². The number of nitrogens with one attached hydrogen (secondary N) is 1. The number of ether oxygens (including phenoxy) is 2. The molecule has 1 aromatic heterocycles. The van der Waals surface area contributed by atoms with Crippen LogP contribution in [0.1, 0.15) is 0 Å². The lowest BCUT2D eigenvalue weighted by Crippen LogP contribution is -1.91. The molecular weight excluding hydrogens is 352 g/mol. The first-order valence-electron chi connectivity index (χ1n) is 8.87. The normalized spacial score (nSPS) is 10.6. The van der Waals surface area contributed by atoms with E-state index in [-0.39, 0.29) is 5.75 Å². The molecule has 5 heteroatoms. The Morgan fingerprint density at radius 2 is 1.57 bits per heavy atom. The molecule has 0 aliphatic rings. The molecule has 2 N–H and O–H groups in total. The molecule has 0 bridgehead atoms. The number of aromatic hydroxyl groups is 1. The number of methoxy groups -OCH3 is 2. The monoisotopic (exact) mass is 372 g/mol. The predicted molar refractivity (Wildman–Crippen MR) is 110 cm³/mol. The van der Waals surface area contributed by atoms with Crippen LogP contribution in [0, 0.1) is 0 Å². The first kappa shape index (κ1) is 17.7. The van der Waals surface area contributed by atoms with Crippen LogP contribution < -0.4 is 9.47 Å². The summed E-state index contributed by atoms with van der Waals surface area (Å²) in [6, 6.07) is 22.7. The summed E-state index contributed by atoms with van der Waals surface area (Å²) in [5.41, 5.74) is 4.48. The molecule has 0 atom stereocenters. The van der Waals surface area contributed by atoms with Gasteiger partial charge in [0.15, 0.2) is 0 Å². The second-order valence-corrected chi connectivity index (χ2v) is 6.29. The van der Waals surface area contributed by atoms with Crippen LogP contribution in [-0.4, -0.2) is 29.3 Å². The Hall–Kier alpha value is -3.73. The van der Waals surface area contributed by atoms with Gasteiger partial charge >= 0.3 is 0 Å². The van der Waals surface area contributed by atoms with E-state index < -0.39 is 0 Å². The number of aromatic amines is 1. The second kappa shape index (κ2) is 7.48. The zero-order valence-electron chi connectivity index (χ0n) is 15.6. The Labute approximate surface area is 163 Å². The highest BCUT2D eigenvalue weighted by Gasteiger charge is 2.18. The van der Waals surface area contributed by atoms with Gasteiger partial charge in [-0.3, -0.25) is 0 Å². The van der Waals surface area contributed by atoms with E-state index in [9.17, 15) is 5.11 Å². The Kier molecular flexibility index (Phi) is 4.72. The average molecular weight is 372 g/mol. The van der Waals surface area contributed by atoms with Crippen LogP contribution in [0.2, 0.25) is 0 Å². The number of benzene rings is 3. The van der Waals surface area contributed by atoms with Gasteiger partial charge in [0.05, 0.1) is 31.2 Å². The SMILES string of the molecule is COc1ccc(-c2nc(-c3ccccc3)c(-c3ccc(O)cc3)[nH]2)c(OC)c1. The summed E-state index contributed by atoms with van der Waals surface area (Å²) in [5.74, 6) is 2.31. The van der Waals surface area contributed by atoms with Gasteiger partial charge in [0, 0.05) is 17.2 Å². The Morgan fingerprint density at radius 1 is 0.821 bits per heavy atom. The molecule has 1 heterocycles. The van der Waals surface area contributed by atoms with E-state index in [2.05, 4.69) is 4.98 Å². The smallest absolute Gasteiger partial charge is 0.142 e. The largest absolute Gasteiger partial charge is 0.508 e. The number of hydrogen-bond acceptors (Lipinski definition) is 4. The Bertz CT molecular complexity index is 1090. The minimum atomic E-state index is 0.224. The highest BCUT2D eigenvalue weighted by atomic mass is 16.5. The molecule has 0 unspecified atom stereocenters. The van der Waals surface area contributed by atoms with Crippen LogP contribution in [0.4, 0.5) is 0 Å². The van der Waals surface area contributed by atoms with Crippen molar-refractivity contribution in [3.8, 4) is 51.2 Å². The molecule has 0 fully saturated rings. The lowest BCUT2D eigenvalue weighted by molar-refractivity contribution is 0.395. The minimum absolute atomic E-state index is 0.224. The maximum atomic E-state index is 9.64. The molecule has 3 aromatic carbocycles. The zero-order chi connectivity index (χ0) is 19.5. The van der Waals surface area contributed by atoms with E-state index in [0.717, 1.165) is 28.1 Å². The van der Waals surface area contributed by atoms with E-state index in [4.69, 9.17) is 14.5 Å². The van der Waals surface area contributed by atoms with Crippen molar-refractivity contribution in [2.75, 3.05) is 14.2 Å². The van der Waals surface area contributed by atoms with Crippen LogP contribution in [0.5, 0.6) is 17.2 Å². The van der Waals surface area contributed by atoms with E-state index in [1.54, 1.807) is 26.4 Å². The molecule has 0 amide bonds. The van der Waals surface area contributed by atoms with Gasteiger partial charge in [0.2, 0.25) is 0 Å². The summed E-state index contributed by atoms with van der Waals surface area (Å²) in [6.07, 6.45) is 0. The summed E-state index contributed by atoms with van der Waals surface area (Å²) >= 11 is 0. The molecule has 28 heavy (non-hydrogen) atoms.